The second kappa shape index (κ2) is 14.9. The summed E-state index contributed by atoms with van der Waals surface area (Å²) in [5.74, 6) is 0. The van der Waals surface area contributed by atoms with Gasteiger partial charge >= 0.3 is 0 Å². The Morgan fingerprint density at radius 1 is 0.333 bits per heavy atom. The monoisotopic (exact) mass is 770 g/mol. The molecular formula is C59H41N. The second-order valence-corrected chi connectivity index (χ2v) is 15.1. The minimum Gasteiger partial charge on any atom is -0.310 e. The Morgan fingerprint density at radius 3 is 1.37 bits per heavy atom. The molecule has 0 aliphatic carbocycles. The van der Waals surface area contributed by atoms with Crippen LogP contribution in [-0.2, 0) is 0 Å². The third kappa shape index (κ3) is 6.20. The molecule has 11 aromatic carbocycles. The second-order valence-electron chi connectivity index (χ2n) is 15.1. The number of hydrogen-bond acceptors (Lipinski definition) is 1. The number of benzene rings is 11. The molecule has 0 spiro atoms. The van der Waals surface area contributed by atoms with Gasteiger partial charge in [-0.15, -0.1) is 0 Å². The zero-order valence-electron chi connectivity index (χ0n) is 39.8. The number of hydrogen-bond donors (Lipinski definition) is 0. The van der Waals surface area contributed by atoms with Crippen LogP contribution < -0.4 is 4.90 Å². The van der Waals surface area contributed by atoms with Gasteiger partial charge in [-0.1, -0.05) is 182 Å². The van der Waals surface area contributed by atoms with Crippen LogP contribution in [0.15, 0.2) is 230 Å². The minimum atomic E-state index is -0.312. The van der Waals surface area contributed by atoms with E-state index < -0.39 is 0 Å². The molecule has 0 aliphatic rings. The van der Waals surface area contributed by atoms with Crippen LogP contribution in [0.2, 0.25) is 0 Å². The molecule has 0 unspecified atom stereocenters. The first kappa shape index (κ1) is 28.6. The average molecular weight is 771 g/mol. The normalized spacial score (nSPS) is 13.1. The molecule has 0 aromatic heterocycles. The Morgan fingerprint density at radius 2 is 0.783 bits per heavy atom. The molecule has 0 bridgehead atoms. The summed E-state index contributed by atoms with van der Waals surface area (Å²) >= 11 is 0. The van der Waals surface area contributed by atoms with Gasteiger partial charge in [0.05, 0.1) is 9.60 Å². The molecule has 0 heterocycles. The highest BCUT2D eigenvalue weighted by molar-refractivity contribution is 6.15. The molecule has 0 atom stereocenters. The van der Waals surface area contributed by atoms with E-state index in [1.54, 1.807) is 11.8 Å². The largest absolute Gasteiger partial charge is 0.310 e. The predicted octanol–water partition coefficient (Wildman–Crippen LogP) is 16.7. The smallest absolute Gasteiger partial charge is 0.0645 e. The van der Waals surface area contributed by atoms with E-state index in [1.165, 1.54) is 0 Å². The molecule has 282 valence electrons. The van der Waals surface area contributed by atoms with Crippen LogP contribution >= 0.6 is 0 Å². The molecule has 0 saturated heterocycles. The van der Waals surface area contributed by atoms with E-state index in [2.05, 4.69) is 30.3 Å². The van der Waals surface area contributed by atoms with Crippen molar-refractivity contribution >= 4 is 60.2 Å². The molecule has 1 heteroatoms. The summed E-state index contributed by atoms with van der Waals surface area (Å²) in [5.41, 5.74) is 6.57. The highest BCUT2D eigenvalue weighted by atomic mass is 15.1. The minimum absolute atomic E-state index is 0.0318. The van der Waals surface area contributed by atoms with Gasteiger partial charge in [-0.25, -0.2) is 0 Å². The van der Waals surface area contributed by atoms with Gasteiger partial charge in [-0.3, -0.25) is 0 Å². The first-order valence-electron chi connectivity index (χ1n) is 23.7. The van der Waals surface area contributed by atoms with Crippen molar-refractivity contribution < 1.29 is 9.60 Å². The lowest BCUT2D eigenvalue weighted by Gasteiger charge is -2.28. The number of fused-ring (bicyclic) bond motifs is 6. The van der Waals surface area contributed by atoms with Gasteiger partial charge in [-0.2, -0.15) is 0 Å². The first-order chi connectivity index (χ1) is 32.6. The molecule has 1 nitrogen and oxygen atoms in total. The van der Waals surface area contributed by atoms with Gasteiger partial charge in [0.2, 0.25) is 0 Å². The van der Waals surface area contributed by atoms with E-state index in [-0.39, 0.29) is 59.2 Å². The van der Waals surface area contributed by atoms with Crippen molar-refractivity contribution in [3.8, 4) is 44.5 Å². The Balaban J connectivity index is 1.16. The van der Waals surface area contributed by atoms with Gasteiger partial charge in [-0.05, 0) is 149 Å². The maximum atomic E-state index is 9.89. The maximum Gasteiger partial charge on any atom is 0.0645 e. The molecule has 0 radical (unpaired) electrons. The highest BCUT2D eigenvalue weighted by Crippen LogP contribution is 2.43. The van der Waals surface area contributed by atoms with E-state index in [1.807, 2.05) is 158 Å². The van der Waals surface area contributed by atoms with E-state index in [0.29, 0.717) is 27.9 Å². The van der Waals surface area contributed by atoms with Crippen molar-refractivity contribution in [1.82, 2.24) is 0 Å². The summed E-state index contributed by atoms with van der Waals surface area (Å²) in [6, 6.07) is 60.1. The van der Waals surface area contributed by atoms with Crippen molar-refractivity contribution in [2.75, 3.05) is 4.90 Å². The van der Waals surface area contributed by atoms with Gasteiger partial charge in [0.15, 0.2) is 0 Å². The Hall–Kier alpha value is -7.74. The Labute approximate surface area is 360 Å². The van der Waals surface area contributed by atoms with Crippen LogP contribution in [-0.4, -0.2) is 0 Å². The molecule has 0 fully saturated rings. The van der Waals surface area contributed by atoms with Crippen LogP contribution in [0.25, 0.3) is 87.6 Å². The maximum absolute atomic E-state index is 9.89. The fraction of sp³-hybridized carbons (Fsp3) is 0.0169. The number of anilines is 3. The summed E-state index contributed by atoms with van der Waals surface area (Å²) in [6.45, 7) is 1.74. The van der Waals surface area contributed by atoms with Crippen LogP contribution in [0.3, 0.4) is 0 Å². The number of nitrogens with zero attached hydrogens (tertiary/aromatic N) is 1. The van der Waals surface area contributed by atoms with Crippen LogP contribution in [0.4, 0.5) is 17.1 Å². The molecule has 0 saturated carbocycles. The summed E-state index contributed by atoms with van der Waals surface area (Å²) in [6.07, 6.45) is 0. The van der Waals surface area contributed by atoms with Crippen molar-refractivity contribution in [3.63, 3.8) is 0 Å². The standard InChI is InChI=1S/C59H41N/c1-40-37-46(58-39-45-18-6-8-22-52(45)54-24-12-14-26-56(54)58)31-36-59(40)60(47-32-27-42(28-33-47)50-20-10-9-19-49(50)41-15-3-2-4-16-41)48-34-29-43(30-35-48)57-38-44-17-5-7-21-51(44)53-23-11-13-25-55(53)57/h2-39H,1H3/i29D,30D,31D,34D,35D,36D,37D. The summed E-state index contributed by atoms with van der Waals surface area (Å²) in [5, 5.41) is 7.49. The highest BCUT2D eigenvalue weighted by Gasteiger charge is 2.18. The number of rotatable bonds is 7. The fourth-order valence-electron chi connectivity index (χ4n) is 8.69. The van der Waals surface area contributed by atoms with Crippen molar-refractivity contribution in [2.24, 2.45) is 0 Å². The summed E-state index contributed by atoms with van der Waals surface area (Å²) in [7, 11) is 0. The van der Waals surface area contributed by atoms with Gasteiger partial charge < -0.3 is 4.90 Å². The third-order valence-corrected chi connectivity index (χ3v) is 11.6. The predicted molar refractivity (Wildman–Crippen MR) is 258 cm³/mol. The Kier molecular flexibility index (Phi) is 7.10. The van der Waals surface area contributed by atoms with Crippen molar-refractivity contribution in [2.45, 2.75) is 6.92 Å². The average Bonchev–Trinajstić information content (AvgIpc) is 3.37. The molecular weight excluding hydrogens is 723 g/mol. The summed E-state index contributed by atoms with van der Waals surface area (Å²) < 4.78 is 68.5. The van der Waals surface area contributed by atoms with Crippen molar-refractivity contribution in [3.05, 3.63) is 236 Å². The SMILES string of the molecule is [2H]c1c([2H])c(N(c2ccc(-c3ccccc3-c3ccccc3)cc2)c2c([2H])c([2H])c(-c3cc4ccccc4c4ccccc34)c([2H])c2C)c([2H])c([2H])c1-c1cc2ccccc2c2ccccc12. The van der Waals surface area contributed by atoms with E-state index in [9.17, 15) is 9.60 Å². The van der Waals surface area contributed by atoms with E-state index >= 15 is 0 Å². The molecule has 60 heavy (non-hydrogen) atoms. The molecule has 0 aliphatic heterocycles. The lowest BCUT2D eigenvalue weighted by atomic mass is 9.92. The zero-order valence-corrected chi connectivity index (χ0v) is 32.8. The van der Waals surface area contributed by atoms with E-state index in [0.717, 1.165) is 65.3 Å². The molecule has 11 rings (SSSR count). The zero-order chi connectivity index (χ0) is 46.1. The first-order valence-corrected chi connectivity index (χ1v) is 20.2. The molecule has 0 N–H and O–H groups in total. The third-order valence-electron chi connectivity index (χ3n) is 11.6. The summed E-state index contributed by atoms with van der Waals surface area (Å²) in [4.78, 5) is 1.56. The lowest BCUT2D eigenvalue weighted by Crippen LogP contribution is -2.11. The molecule has 11 aromatic rings. The van der Waals surface area contributed by atoms with Gasteiger partial charge in [0.25, 0.3) is 0 Å². The van der Waals surface area contributed by atoms with Crippen LogP contribution in [0.1, 0.15) is 15.2 Å². The van der Waals surface area contributed by atoms with Gasteiger partial charge in [0.1, 0.15) is 0 Å². The Bertz CT molecular complexity index is 3550. The fourth-order valence-corrected chi connectivity index (χ4v) is 8.69. The van der Waals surface area contributed by atoms with Crippen molar-refractivity contribution in [1.29, 1.82) is 0 Å². The van der Waals surface area contributed by atoms with E-state index in [4.69, 9.17) is 0 Å². The lowest BCUT2D eigenvalue weighted by molar-refractivity contribution is 1.25. The molecule has 0 amide bonds. The van der Waals surface area contributed by atoms with Gasteiger partial charge in [0, 0.05) is 17.1 Å². The quantitative estimate of drug-likeness (QED) is 0.146. The van der Waals surface area contributed by atoms with Crippen LogP contribution in [0, 0.1) is 6.92 Å². The topological polar surface area (TPSA) is 3.24 Å². The van der Waals surface area contributed by atoms with Crippen LogP contribution in [0.5, 0.6) is 0 Å².